The molecule has 108 valence electrons. The van der Waals surface area contributed by atoms with Crippen LogP contribution in [0, 0.1) is 0 Å². The normalized spacial score (nSPS) is 12.9. The van der Waals surface area contributed by atoms with Crippen LogP contribution in [0.25, 0.3) is 0 Å². The largest absolute Gasteiger partial charge is 0.329 e. The van der Waals surface area contributed by atoms with Gasteiger partial charge in [-0.15, -0.1) is 11.3 Å². The van der Waals surface area contributed by atoms with Gasteiger partial charge in [0.25, 0.3) is 0 Å². The Kier molecular flexibility index (Phi) is 5.90. The van der Waals surface area contributed by atoms with Gasteiger partial charge in [0.1, 0.15) is 4.34 Å². The first-order valence-corrected chi connectivity index (χ1v) is 8.47. The molecule has 2 N–H and O–H groups in total. The molecule has 2 nitrogen and oxygen atoms in total. The third-order valence-electron chi connectivity index (χ3n) is 3.09. The monoisotopic (exact) mass is 392 g/mol. The predicted octanol–water partition coefficient (Wildman–Crippen LogP) is 4.95. The summed E-state index contributed by atoms with van der Waals surface area (Å²) in [6, 6.07) is 10.1. The summed E-state index contributed by atoms with van der Waals surface area (Å²) in [6.45, 7) is 1.36. The van der Waals surface area contributed by atoms with Crippen molar-refractivity contribution >= 4 is 50.5 Å². The van der Waals surface area contributed by atoms with E-state index < -0.39 is 0 Å². The molecule has 20 heavy (non-hydrogen) atoms. The summed E-state index contributed by atoms with van der Waals surface area (Å²) in [5.74, 6) is 0. The molecule has 1 aromatic carbocycles. The van der Waals surface area contributed by atoms with Gasteiger partial charge in [-0.3, -0.25) is 4.90 Å². The molecule has 1 atom stereocenters. The SMILES string of the molecule is CN(Cc1ccc(Cl)cc1)C(CN)c1cc(Br)c(Cl)s1. The number of hydrogen-bond donors (Lipinski definition) is 1. The number of benzene rings is 1. The van der Waals surface area contributed by atoms with Crippen LogP contribution in [0.2, 0.25) is 9.36 Å². The van der Waals surface area contributed by atoms with Gasteiger partial charge in [-0.2, -0.15) is 0 Å². The zero-order chi connectivity index (χ0) is 14.7. The van der Waals surface area contributed by atoms with Gasteiger partial charge >= 0.3 is 0 Å². The molecule has 0 aliphatic carbocycles. The van der Waals surface area contributed by atoms with Crippen molar-refractivity contribution in [3.63, 3.8) is 0 Å². The fourth-order valence-electron chi connectivity index (χ4n) is 2.03. The van der Waals surface area contributed by atoms with Crippen LogP contribution in [0.1, 0.15) is 16.5 Å². The Labute approximate surface area is 141 Å². The van der Waals surface area contributed by atoms with Crippen molar-refractivity contribution in [2.75, 3.05) is 13.6 Å². The zero-order valence-electron chi connectivity index (χ0n) is 10.9. The van der Waals surface area contributed by atoms with Crippen molar-refractivity contribution < 1.29 is 0 Å². The summed E-state index contributed by atoms with van der Waals surface area (Å²) in [5.41, 5.74) is 7.13. The molecular weight excluding hydrogens is 379 g/mol. The second kappa shape index (κ2) is 7.25. The smallest absolute Gasteiger partial charge is 0.107 e. The van der Waals surface area contributed by atoms with E-state index in [9.17, 15) is 0 Å². The molecule has 0 saturated heterocycles. The average Bonchev–Trinajstić information content (AvgIpc) is 2.73. The van der Waals surface area contributed by atoms with Crippen LogP contribution in [0.3, 0.4) is 0 Å². The highest BCUT2D eigenvalue weighted by molar-refractivity contribution is 9.10. The maximum atomic E-state index is 6.11. The number of hydrogen-bond acceptors (Lipinski definition) is 3. The summed E-state index contributed by atoms with van der Waals surface area (Å²) in [5, 5.41) is 0.751. The van der Waals surface area contributed by atoms with Crippen molar-refractivity contribution in [3.05, 3.63) is 54.6 Å². The molecule has 2 rings (SSSR count). The van der Waals surface area contributed by atoms with E-state index in [0.29, 0.717) is 6.54 Å². The van der Waals surface area contributed by atoms with Crippen molar-refractivity contribution in [1.82, 2.24) is 4.90 Å². The fraction of sp³-hybridized carbons (Fsp3) is 0.286. The van der Waals surface area contributed by atoms with E-state index in [1.165, 1.54) is 10.4 Å². The lowest BCUT2D eigenvalue weighted by molar-refractivity contribution is 0.245. The lowest BCUT2D eigenvalue weighted by atomic mass is 10.1. The molecule has 0 aliphatic rings. The molecule has 0 fully saturated rings. The Morgan fingerprint density at radius 2 is 1.95 bits per heavy atom. The van der Waals surface area contributed by atoms with E-state index in [1.54, 1.807) is 11.3 Å². The lowest BCUT2D eigenvalue weighted by Crippen LogP contribution is -2.29. The van der Waals surface area contributed by atoms with Crippen molar-refractivity contribution in [3.8, 4) is 0 Å². The van der Waals surface area contributed by atoms with E-state index >= 15 is 0 Å². The highest BCUT2D eigenvalue weighted by Gasteiger charge is 2.19. The number of halogens is 3. The van der Waals surface area contributed by atoms with Gasteiger partial charge in [-0.1, -0.05) is 35.3 Å². The molecular formula is C14H15BrCl2N2S. The molecule has 0 aliphatic heterocycles. The number of likely N-dealkylation sites (N-methyl/N-ethyl adjacent to an activating group) is 1. The Bertz CT molecular complexity index is 552. The van der Waals surface area contributed by atoms with Gasteiger partial charge in [0.2, 0.25) is 0 Å². The van der Waals surface area contributed by atoms with Crippen molar-refractivity contribution in [2.45, 2.75) is 12.6 Å². The maximum absolute atomic E-state index is 6.11. The summed E-state index contributed by atoms with van der Waals surface area (Å²) < 4.78 is 1.69. The van der Waals surface area contributed by atoms with E-state index in [4.69, 9.17) is 28.9 Å². The molecule has 0 bridgehead atoms. The first kappa shape index (κ1) is 16.3. The Morgan fingerprint density at radius 3 is 2.45 bits per heavy atom. The quantitative estimate of drug-likeness (QED) is 0.778. The fourth-order valence-corrected chi connectivity index (χ4v) is 4.07. The molecule has 0 spiro atoms. The molecule has 0 radical (unpaired) electrons. The number of nitrogens with zero attached hydrogens (tertiary/aromatic N) is 1. The zero-order valence-corrected chi connectivity index (χ0v) is 14.9. The van der Waals surface area contributed by atoms with Gasteiger partial charge < -0.3 is 5.73 Å². The molecule has 0 saturated carbocycles. The van der Waals surface area contributed by atoms with Gasteiger partial charge in [-0.05, 0) is 46.7 Å². The molecule has 1 heterocycles. The van der Waals surface area contributed by atoms with Crippen LogP contribution in [0.15, 0.2) is 34.8 Å². The van der Waals surface area contributed by atoms with Gasteiger partial charge in [0.05, 0.1) is 6.04 Å². The second-order valence-corrected chi connectivity index (χ2v) is 7.54. The van der Waals surface area contributed by atoms with Crippen molar-refractivity contribution in [2.24, 2.45) is 5.73 Å². The molecule has 1 aromatic heterocycles. The van der Waals surface area contributed by atoms with Crippen LogP contribution >= 0.6 is 50.5 Å². The molecule has 2 aromatic rings. The van der Waals surface area contributed by atoms with Crippen LogP contribution < -0.4 is 5.73 Å². The highest BCUT2D eigenvalue weighted by Crippen LogP contribution is 2.36. The second-order valence-electron chi connectivity index (χ2n) is 4.56. The first-order valence-electron chi connectivity index (χ1n) is 6.10. The third kappa shape index (κ3) is 3.97. The predicted molar refractivity (Wildman–Crippen MR) is 91.7 cm³/mol. The van der Waals surface area contributed by atoms with E-state index in [1.807, 2.05) is 30.3 Å². The molecule has 0 amide bonds. The van der Waals surface area contributed by atoms with Crippen LogP contribution in [-0.4, -0.2) is 18.5 Å². The van der Waals surface area contributed by atoms with E-state index in [-0.39, 0.29) is 6.04 Å². The number of thiophene rings is 1. The minimum atomic E-state index is 0.152. The van der Waals surface area contributed by atoms with Crippen molar-refractivity contribution in [1.29, 1.82) is 0 Å². The maximum Gasteiger partial charge on any atom is 0.107 e. The Balaban J connectivity index is 2.12. The Hall–Kier alpha value is -0.100. The van der Waals surface area contributed by atoms with E-state index in [0.717, 1.165) is 20.4 Å². The van der Waals surface area contributed by atoms with Gasteiger partial charge in [-0.25, -0.2) is 0 Å². The molecule has 6 heteroatoms. The van der Waals surface area contributed by atoms with Gasteiger partial charge in [0, 0.05) is 27.5 Å². The third-order valence-corrected chi connectivity index (χ3v) is 5.92. The first-order chi connectivity index (χ1) is 9.51. The topological polar surface area (TPSA) is 29.3 Å². The average molecular weight is 394 g/mol. The van der Waals surface area contributed by atoms with E-state index in [2.05, 4.69) is 27.9 Å². The van der Waals surface area contributed by atoms with Gasteiger partial charge in [0.15, 0.2) is 0 Å². The minimum Gasteiger partial charge on any atom is -0.329 e. The number of rotatable bonds is 5. The highest BCUT2D eigenvalue weighted by atomic mass is 79.9. The Morgan fingerprint density at radius 1 is 1.30 bits per heavy atom. The minimum absolute atomic E-state index is 0.152. The molecule has 1 unspecified atom stereocenters. The van der Waals surface area contributed by atoms with Crippen LogP contribution in [0.5, 0.6) is 0 Å². The lowest BCUT2D eigenvalue weighted by Gasteiger charge is -2.26. The van der Waals surface area contributed by atoms with Crippen LogP contribution in [-0.2, 0) is 6.54 Å². The number of nitrogens with two attached hydrogens (primary N) is 1. The summed E-state index contributed by atoms with van der Waals surface area (Å²) in [7, 11) is 2.06. The standard InChI is InChI=1S/C14H15BrCl2N2S/c1-19(8-9-2-4-10(16)5-3-9)12(7-18)13-6-11(15)14(17)20-13/h2-6,12H,7-8,18H2,1H3. The summed E-state index contributed by atoms with van der Waals surface area (Å²) in [4.78, 5) is 3.39. The summed E-state index contributed by atoms with van der Waals surface area (Å²) in [6.07, 6.45) is 0. The van der Waals surface area contributed by atoms with Crippen LogP contribution in [0.4, 0.5) is 0 Å². The summed E-state index contributed by atoms with van der Waals surface area (Å²) >= 11 is 17.0.